The minimum Gasteiger partial charge on any atom is -0.465 e. The number of piperidine rings is 1. The number of carbonyl (C=O) groups is 3. The number of morpholine rings is 1. The maximum atomic E-state index is 14.2. The predicted molar refractivity (Wildman–Crippen MR) is 157 cm³/mol. The van der Waals surface area contributed by atoms with Crippen LogP contribution in [-0.2, 0) is 14.9 Å². The van der Waals surface area contributed by atoms with Crippen LogP contribution in [0.4, 0.5) is 10.6 Å². The largest absolute Gasteiger partial charge is 0.465 e. The zero-order chi connectivity index (χ0) is 29.4. The van der Waals surface area contributed by atoms with Crippen LogP contribution >= 0.6 is 11.8 Å². The van der Waals surface area contributed by atoms with Gasteiger partial charge in [0.1, 0.15) is 17.2 Å². The van der Waals surface area contributed by atoms with Crippen LogP contribution in [0.1, 0.15) is 64.1 Å². The Bertz CT molecular complexity index is 1030. The van der Waals surface area contributed by atoms with Crippen molar-refractivity contribution in [3.05, 3.63) is 17.6 Å². The maximum absolute atomic E-state index is 14.2. The van der Waals surface area contributed by atoms with Gasteiger partial charge in [-0.15, -0.1) is 0 Å². The van der Waals surface area contributed by atoms with Crippen molar-refractivity contribution in [1.82, 2.24) is 24.7 Å². The van der Waals surface area contributed by atoms with Gasteiger partial charge in [-0.05, 0) is 18.1 Å². The summed E-state index contributed by atoms with van der Waals surface area (Å²) in [5, 5.41) is 13.3. The van der Waals surface area contributed by atoms with Crippen LogP contribution in [0.2, 0.25) is 0 Å². The summed E-state index contributed by atoms with van der Waals surface area (Å²) in [7, 11) is 0. The zero-order valence-corrected chi connectivity index (χ0v) is 25.6. The molecule has 0 aromatic carbocycles. The first-order chi connectivity index (χ1) is 18.9. The van der Waals surface area contributed by atoms with Gasteiger partial charge in [-0.25, -0.2) is 14.8 Å². The van der Waals surface area contributed by atoms with Crippen LogP contribution in [0.25, 0.3) is 0 Å². The minimum atomic E-state index is -1.09. The first-order valence-corrected chi connectivity index (χ1v) is 15.4. The smallest absolute Gasteiger partial charge is 0.407 e. The molecule has 3 heterocycles. The molecule has 2 saturated heterocycles. The van der Waals surface area contributed by atoms with E-state index in [4.69, 9.17) is 9.72 Å². The fraction of sp³-hybridized carbons (Fsp3) is 0.750. The molecule has 224 valence electrons. The Labute approximate surface area is 242 Å². The van der Waals surface area contributed by atoms with Crippen LogP contribution in [0.5, 0.6) is 0 Å². The van der Waals surface area contributed by atoms with Crippen molar-refractivity contribution in [2.45, 2.75) is 59.4 Å². The van der Waals surface area contributed by atoms with Crippen molar-refractivity contribution in [1.29, 1.82) is 0 Å². The molecule has 2 aliphatic heterocycles. The number of amides is 3. The van der Waals surface area contributed by atoms with Crippen molar-refractivity contribution in [2.24, 2.45) is 11.8 Å². The molecule has 1 aromatic rings. The Hall–Kier alpha value is -2.60. The highest BCUT2D eigenvalue weighted by atomic mass is 32.2. The van der Waals surface area contributed by atoms with Gasteiger partial charge in [0.25, 0.3) is 5.91 Å². The topological polar surface area (TPSA) is 128 Å². The van der Waals surface area contributed by atoms with Crippen molar-refractivity contribution in [3.63, 3.8) is 0 Å². The third-order valence-electron chi connectivity index (χ3n) is 7.07. The third kappa shape index (κ3) is 8.45. The van der Waals surface area contributed by atoms with E-state index in [0.29, 0.717) is 63.0 Å². The fourth-order valence-corrected chi connectivity index (χ4v) is 5.58. The van der Waals surface area contributed by atoms with Crippen LogP contribution < -0.4 is 5.32 Å². The number of rotatable bonds is 10. The second-order valence-corrected chi connectivity index (χ2v) is 13.3. The fourth-order valence-electron chi connectivity index (χ4n) is 5.04. The van der Waals surface area contributed by atoms with Gasteiger partial charge in [-0.1, -0.05) is 41.5 Å². The molecule has 0 radical (unpaired) electrons. The van der Waals surface area contributed by atoms with Gasteiger partial charge in [0, 0.05) is 56.6 Å². The van der Waals surface area contributed by atoms with Gasteiger partial charge < -0.3 is 29.9 Å². The Balaban J connectivity index is 1.94. The monoisotopic (exact) mass is 578 g/mol. The van der Waals surface area contributed by atoms with E-state index in [-0.39, 0.29) is 36.2 Å². The highest BCUT2D eigenvalue weighted by Crippen LogP contribution is 2.28. The predicted octanol–water partition coefficient (Wildman–Crippen LogP) is 3.26. The molecule has 0 aliphatic carbocycles. The van der Waals surface area contributed by atoms with E-state index in [9.17, 15) is 19.5 Å². The number of hydrogen-bond donors (Lipinski definition) is 2. The first kappa shape index (κ1) is 31.9. The number of carbonyl (C=O) groups excluding carboxylic acids is 2. The number of nitrogens with zero attached hydrogens (tertiary/aromatic N) is 5. The number of aromatic nitrogens is 2. The molecule has 0 bridgehead atoms. The van der Waals surface area contributed by atoms with Gasteiger partial charge >= 0.3 is 6.09 Å². The SMILES string of the molecule is CCSCCNc1nc(C(C)(C)C)ncc1C(=O)N(CC(C)C)[C@H]1C[C@@H](C(=O)N2CCOCC2)CN(C(=O)O)C1. The molecular formula is C28H46N6O5S. The minimum absolute atomic E-state index is 0.0789. The normalized spacial score (nSPS) is 20.0. The van der Waals surface area contributed by atoms with E-state index in [1.54, 1.807) is 27.8 Å². The summed E-state index contributed by atoms with van der Waals surface area (Å²) in [4.78, 5) is 53.9. The van der Waals surface area contributed by atoms with Crippen molar-refractivity contribution in [2.75, 3.05) is 69.3 Å². The second kappa shape index (κ2) is 14.3. The quantitative estimate of drug-likeness (QED) is 0.402. The number of hydrogen-bond acceptors (Lipinski definition) is 8. The average Bonchev–Trinajstić information content (AvgIpc) is 2.92. The average molecular weight is 579 g/mol. The Morgan fingerprint density at radius 1 is 1.20 bits per heavy atom. The van der Waals surface area contributed by atoms with Gasteiger partial charge in [0.05, 0.1) is 25.2 Å². The molecule has 12 heteroatoms. The molecule has 3 rings (SSSR count). The number of likely N-dealkylation sites (tertiary alicyclic amines) is 1. The molecule has 2 fully saturated rings. The summed E-state index contributed by atoms with van der Waals surface area (Å²) in [6.45, 7) is 15.5. The summed E-state index contributed by atoms with van der Waals surface area (Å²) in [5.41, 5.74) is 0.0605. The Kier molecular flexibility index (Phi) is 11.4. The molecule has 3 amide bonds. The summed E-state index contributed by atoms with van der Waals surface area (Å²) in [6.07, 6.45) is 0.900. The lowest BCUT2D eigenvalue weighted by atomic mass is 9.91. The summed E-state index contributed by atoms with van der Waals surface area (Å²) in [5.74, 6) is 2.26. The van der Waals surface area contributed by atoms with E-state index >= 15 is 0 Å². The van der Waals surface area contributed by atoms with Crippen molar-refractivity contribution in [3.8, 4) is 0 Å². The molecule has 1 aromatic heterocycles. The number of ether oxygens (including phenoxy) is 1. The summed E-state index contributed by atoms with van der Waals surface area (Å²) < 4.78 is 5.39. The lowest BCUT2D eigenvalue weighted by molar-refractivity contribution is -0.142. The van der Waals surface area contributed by atoms with Crippen LogP contribution in [0.3, 0.4) is 0 Å². The van der Waals surface area contributed by atoms with E-state index < -0.39 is 18.1 Å². The molecule has 40 heavy (non-hydrogen) atoms. The highest BCUT2D eigenvalue weighted by molar-refractivity contribution is 7.99. The maximum Gasteiger partial charge on any atom is 0.407 e. The van der Waals surface area contributed by atoms with E-state index in [0.717, 1.165) is 11.5 Å². The first-order valence-electron chi connectivity index (χ1n) is 14.3. The standard InChI is InChI=1S/C28H46N6O5S/c1-7-40-13-8-29-23-22(15-30-26(31-23)28(4,5)6)25(36)34(16-19(2)3)21-14-20(17-33(18-21)27(37)38)24(35)32-9-11-39-12-10-32/h15,19-21H,7-14,16-18H2,1-6H3,(H,37,38)(H,29,30,31)/t20-,21+/m1/s1. The van der Waals surface area contributed by atoms with Crippen molar-refractivity contribution < 1.29 is 24.2 Å². The molecular weight excluding hydrogens is 532 g/mol. The van der Waals surface area contributed by atoms with E-state index in [1.807, 2.05) is 34.6 Å². The lowest BCUT2D eigenvalue weighted by Gasteiger charge is -2.43. The summed E-state index contributed by atoms with van der Waals surface area (Å²) >= 11 is 1.80. The van der Waals surface area contributed by atoms with Crippen LogP contribution in [-0.4, -0.2) is 118 Å². The zero-order valence-electron chi connectivity index (χ0n) is 24.8. The molecule has 11 nitrogen and oxygen atoms in total. The third-order valence-corrected chi connectivity index (χ3v) is 7.97. The summed E-state index contributed by atoms with van der Waals surface area (Å²) in [6, 6.07) is -0.458. The molecule has 0 unspecified atom stereocenters. The molecule has 2 aliphatic rings. The van der Waals surface area contributed by atoms with Crippen LogP contribution in [0, 0.1) is 11.8 Å². The van der Waals surface area contributed by atoms with Gasteiger partial charge in [-0.3, -0.25) is 9.59 Å². The number of anilines is 1. The highest BCUT2D eigenvalue weighted by Gasteiger charge is 2.40. The van der Waals surface area contributed by atoms with Gasteiger partial charge in [0.15, 0.2) is 0 Å². The van der Waals surface area contributed by atoms with Gasteiger partial charge in [0.2, 0.25) is 5.91 Å². The molecule has 0 spiro atoms. The number of carboxylic acid groups (broad SMARTS) is 1. The number of nitrogens with one attached hydrogen (secondary N) is 1. The van der Waals surface area contributed by atoms with Crippen molar-refractivity contribution >= 4 is 35.5 Å². The molecule has 2 N–H and O–H groups in total. The van der Waals surface area contributed by atoms with E-state index in [2.05, 4.69) is 17.2 Å². The number of thioether (sulfide) groups is 1. The second-order valence-electron chi connectivity index (χ2n) is 11.9. The Morgan fingerprint density at radius 2 is 1.90 bits per heavy atom. The van der Waals surface area contributed by atoms with Gasteiger partial charge in [-0.2, -0.15) is 11.8 Å². The molecule has 2 atom stereocenters. The lowest BCUT2D eigenvalue weighted by Crippen LogP contribution is -2.58. The van der Waals surface area contributed by atoms with E-state index in [1.165, 1.54) is 4.90 Å². The Morgan fingerprint density at radius 3 is 2.50 bits per heavy atom. The molecule has 0 saturated carbocycles. The van der Waals surface area contributed by atoms with Crippen LogP contribution in [0.15, 0.2) is 6.20 Å².